The van der Waals surface area contributed by atoms with Crippen LogP contribution in [0.2, 0.25) is 0 Å². The van der Waals surface area contributed by atoms with E-state index >= 15 is 0 Å². The van der Waals surface area contributed by atoms with Gasteiger partial charge in [-0.3, -0.25) is 0 Å². The van der Waals surface area contributed by atoms with Gasteiger partial charge in [-0.25, -0.2) is 0 Å². The maximum atomic E-state index is 4.30. The highest BCUT2D eigenvalue weighted by Gasteiger charge is 2.18. The Kier molecular flexibility index (Phi) is 2.54. The third-order valence-corrected chi connectivity index (χ3v) is 6.75. The number of thiophene rings is 3. The molecule has 0 atom stereocenters. The van der Waals surface area contributed by atoms with Crippen LogP contribution >= 0.6 is 45.5 Å². The predicted molar refractivity (Wildman–Crippen MR) is 81.9 cm³/mol. The van der Waals surface area contributed by atoms with Crippen molar-refractivity contribution in [3.05, 3.63) is 35.0 Å². The first-order valence-corrected chi connectivity index (χ1v) is 8.61. The quantitative estimate of drug-likeness (QED) is 0.508. The summed E-state index contributed by atoms with van der Waals surface area (Å²) in [5, 5.41) is 8.51. The molecule has 0 amide bonds. The fourth-order valence-corrected chi connectivity index (χ4v) is 5.67. The van der Waals surface area contributed by atoms with Gasteiger partial charge >= 0.3 is 0 Å². The van der Waals surface area contributed by atoms with E-state index in [1.165, 1.54) is 35.7 Å². The Labute approximate surface area is 119 Å². The molecule has 0 aliphatic rings. The zero-order valence-corrected chi connectivity index (χ0v) is 12.3. The molecule has 88 valence electrons. The van der Waals surface area contributed by atoms with Crippen LogP contribution in [0.1, 0.15) is 0 Å². The third kappa shape index (κ3) is 1.57. The molecule has 2 nitrogen and oxygen atoms in total. The summed E-state index contributed by atoms with van der Waals surface area (Å²) in [6, 6.07) is 8.47. The van der Waals surface area contributed by atoms with Gasteiger partial charge in [0.15, 0.2) is 0 Å². The van der Waals surface area contributed by atoms with Gasteiger partial charge in [0.2, 0.25) is 0 Å². The maximum Gasteiger partial charge on any atom is 0.126 e. The molecule has 0 saturated carbocycles. The Bertz CT molecular complexity index is 714. The van der Waals surface area contributed by atoms with Crippen molar-refractivity contribution < 1.29 is 0 Å². The van der Waals surface area contributed by atoms with Gasteiger partial charge in [-0.15, -0.1) is 39.1 Å². The van der Waals surface area contributed by atoms with Gasteiger partial charge in [-0.1, -0.05) is 16.6 Å². The fourth-order valence-electron chi connectivity index (χ4n) is 1.83. The molecule has 0 aliphatic carbocycles. The molecule has 18 heavy (non-hydrogen) atoms. The number of rotatable bonds is 2. The van der Waals surface area contributed by atoms with Crippen LogP contribution in [0, 0.1) is 0 Å². The number of fused-ring (bicyclic) bond motifs is 1. The molecule has 4 aromatic heterocycles. The fraction of sp³-hybridized carbons (Fsp3) is 0. The molecule has 6 heteroatoms. The minimum Gasteiger partial charge on any atom is -0.143 e. The van der Waals surface area contributed by atoms with Gasteiger partial charge in [-0.05, 0) is 34.4 Å². The summed E-state index contributed by atoms with van der Waals surface area (Å²) >= 11 is 6.84. The molecule has 0 fully saturated rings. The second-order valence-corrected chi connectivity index (χ2v) is 7.34. The SMILES string of the molecule is c1csc(-c2sc(-c3cccs3)c3snnc23)c1. The lowest BCUT2D eigenvalue weighted by atomic mass is 10.3. The van der Waals surface area contributed by atoms with E-state index in [1.807, 2.05) is 11.3 Å². The molecule has 0 N–H and O–H groups in total. The van der Waals surface area contributed by atoms with Crippen molar-refractivity contribution in [1.29, 1.82) is 0 Å². The monoisotopic (exact) mass is 306 g/mol. The number of nitrogens with zero attached hydrogens (tertiary/aromatic N) is 2. The molecule has 0 bridgehead atoms. The van der Waals surface area contributed by atoms with E-state index in [0.717, 1.165) is 5.52 Å². The average Bonchev–Trinajstić information content (AvgIpc) is 3.14. The zero-order chi connectivity index (χ0) is 11.9. The lowest BCUT2D eigenvalue weighted by molar-refractivity contribution is 1.20. The van der Waals surface area contributed by atoms with Crippen molar-refractivity contribution in [2.24, 2.45) is 0 Å². The Morgan fingerprint density at radius 1 is 0.889 bits per heavy atom. The van der Waals surface area contributed by atoms with E-state index in [9.17, 15) is 0 Å². The van der Waals surface area contributed by atoms with Crippen LogP contribution in [0.4, 0.5) is 0 Å². The maximum absolute atomic E-state index is 4.30. The highest BCUT2D eigenvalue weighted by molar-refractivity contribution is 7.30. The average molecular weight is 306 g/mol. The van der Waals surface area contributed by atoms with Crippen molar-refractivity contribution in [3.63, 3.8) is 0 Å². The smallest absolute Gasteiger partial charge is 0.126 e. The second kappa shape index (κ2) is 4.24. The third-order valence-electron chi connectivity index (χ3n) is 2.60. The van der Waals surface area contributed by atoms with Crippen molar-refractivity contribution in [2.45, 2.75) is 0 Å². The van der Waals surface area contributed by atoms with Crippen molar-refractivity contribution in [1.82, 2.24) is 9.59 Å². The molecule has 0 aliphatic heterocycles. The van der Waals surface area contributed by atoms with E-state index in [4.69, 9.17) is 0 Å². The number of hydrogen-bond acceptors (Lipinski definition) is 6. The second-order valence-electron chi connectivity index (χ2n) is 3.67. The summed E-state index contributed by atoms with van der Waals surface area (Å²) < 4.78 is 5.32. The van der Waals surface area contributed by atoms with E-state index in [1.54, 1.807) is 22.7 Å². The van der Waals surface area contributed by atoms with E-state index in [2.05, 4.69) is 44.6 Å². The van der Waals surface area contributed by atoms with Gasteiger partial charge < -0.3 is 0 Å². The molecular weight excluding hydrogens is 300 g/mol. The van der Waals surface area contributed by atoms with Gasteiger partial charge in [0.05, 0.1) is 14.5 Å². The van der Waals surface area contributed by atoms with E-state index in [-0.39, 0.29) is 0 Å². The Morgan fingerprint density at radius 3 is 2.28 bits per heavy atom. The van der Waals surface area contributed by atoms with Crippen LogP contribution in [0.15, 0.2) is 35.0 Å². The summed E-state index contributed by atoms with van der Waals surface area (Å²) in [6.07, 6.45) is 0. The van der Waals surface area contributed by atoms with Gasteiger partial charge in [0.1, 0.15) is 5.52 Å². The number of hydrogen-bond donors (Lipinski definition) is 0. The van der Waals surface area contributed by atoms with Crippen LogP contribution in [0.3, 0.4) is 0 Å². The molecule has 4 rings (SSSR count). The van der Waals surface area contributed by atoms with E-state index in [0.29, 0.717) is 0 Å². The van der Waals surface area contributed by atoms with Crippen molar-refractivity contribution in [3.8, 4) is 19.5 Å². The van der Waals surface area contributed by atoms with Crippen LogP contribution in [-0.4, -0.2) is 9.59 Å². The molecule has 0 spiro atoms. The first-order chi connectivity index (χ1) is 8.93. The van der Waals surface area contributed by atoms with Crippen LogP contribution in [0.5, 0.6) is 0 Å². The van der Waals surface area contributed by atoms with Gasteiger partial charge in [-0.2, -0.15) is 0 Å². The normalized spacial score (nSPS) is 11.3. The Morgan fingerprint density at radius 2 is 1.61 bits per heavy atom. The standard InChI is InChI=1S/C12H6N2S4/c1-3-7(15-5-1)10-9-12(18-14-13-9)11(17-10)8-4-2-6-16-8/h1-6H. The number of aromatic nitrogens is 2. The van der Waals surface area contributed by atoms with Crippen LogP contribution in [-0.2, 0) is 0 Å². The minimum atomic E-state index is 1.05. The Hall–Kier alpha value is -1.08. The largest absolute Gasteiger partial charge is 0.143 e. The summed E-state index contributed by atoms with van der Waals surface area (Å²) in [6.45, 7) is 0. The summed E-state index contributed by atoms with van der Waals surface area (Å²) in [4.78, 5) is 5.13. The molecule has 0 aromatic carbocycles. The highest BCUT2D eigenvalue weighted by atomic mass is 32.1. The van der Waals surface area contributed by atoms with Gasteiger partial charge in [0, 0.05) is 9.75 Å². The molecule has 0 saturated heterocycles. The predicted octanol–water partition coefficient (Wildman–Crippen LogP) is 5.21. The topological polar surface area (TPSA) is 25.8 Å². The van der Waals surface area contributed by atoms with E-state index < -0.39 is 0 Å². The molecule has 0 unspecified atom stereocenters. The highest BCUT2D eigenvalue weighted by Crippen LogP contribution is 2.46. The molecule has 4 heterocycles. The molecule has 0 radical (unpaired) electrons. The summed E-state index contributed by atoms with van der Waals surface area (Å²) in [7, 11) is 0. The van der Waals surface area contributed by atoms with Crippen LogP contribution in [0.25, 0.3) is 29.7 Å². The summed E-state index contributed by atoms with van der Waals surface area (Å²) in [5.74, 6) is 0. The molecular formula is C12H6N2S4. The lowest BCUT2D eigenvalue weighted by Gasteiger charge is -1.90. The van der Waals surface area contributed by atoms with Crippen molar-refractivity contribution >= 4 is 55.8 Å². The Balaban J connectivity index is 2.03. The molecule has 4 aromatic rings. The lowest BCUT2D eigenvalue weighted by Crippen LogP contribution is -1.67. The van der Waals surface area contributed by atoms with Crippen LogP contribution < -0.4 is 0 Å². The van der Waals surface area contributed by atoms with Crippen molar-refractivity contribution in [2.75, 3.05) is 0 Å². The minimum absolute atomic E-state index is 1.05. The van der Waals surface area contributed by atoms with Gasteiger partial charge in [0.25, 0.3) is 0 Å². The first-order valence-electron chi connectivity index (χ1n) is 5.26. The zero-order valence-electron chi connectivity index (χ0n) is 8.99. The first kappa shape index (κ1) is 10.8. The summed E-state index contributed by atoms with van der Waals surface area (Å²) in [5.41, 5.74) is 1.05.